The molecule has 0 saturated heterocycles. The largest absolute Gasteiger partial charge is 0.461 e. The lowest BCUT2D eigenvalue weighted by atomic mass is 10.1. The average molecular weight is 180 g/mol. The Morgan fingerprint density at radius 1 is 1.31 bits per heavy atom. The van der Waals surface area contributed by atoms with Crippen LogP contribution in [0.15, 0.2) is 18.2 Å². The van der Waals surface area contributed by atoms with Crippen LogP contribution in [0.25, 0.3) is 0 Å². The zero-order valence-corrected chi connectivity index (χ0v) is 7.72. The van der Waals surface area contributed by atoms with Crippen molar-refractivity contribution in [2.45, 2.75) is 32.5 Å². The molecule has 1 unspecified atom stereocenters. The second kappa shape index (κ2) is 3.36. The molecule has 1 aliphatic carbocycles. The summed E-state index contributed by atoms with van der Waals surface area (Å²) < 4.78 is 17.5. The summed E-state index contributed by atoms with van der Waals surface area (Å²) in [6, 6.07) is 5.85. The number of rotatable bonds is 2. The van der Waals surface area contributed by atoms with Gasteiger partial charge in [-0.05, 0) is 42.5 Å². The number of alkyl halides is 1. The summed E-state index contributed by atoms with van der Waals surface area (Å²) in [5, 5.41) is 0. The maximum Gasteiger partial charge on any atom is 0.235 e. The molecule has 70 valence electrons. The van der Waals surface area contributed by atoms with Crippen LogP contribution in [0.3, 0.4) is 0 Å². The highest BCUT2D eigenvalue weighted by molar-refractivity contribution is 5.38. The van der Waals surface area contributed by atoms with Crippen molar-refractivity contribution in [2.24, 2.45) is 0 Å². The van der Waals surface area contributed by atoms with Gasteiger partial charge in [0.25, 0.3) is 0 Å². The highest BCUT2D eigenvalue weighted by atomic mass is 19.1. The van der Waals surface area contributed by atoms with Crippen molar-refractivity contribution in [2.75, 3.05) is 0 Å². The van der Waals surface area contributed by atoms with E-state index in [0.29, 0.717) is 5.75 Å². The average Bonchev–Trinajstić information content (AvgIpc) is 2.49. The Hall–Kier alpha value is -1.05. The van der Waals surface area contributed by atoms with Gasteiger partial charge in [0, 0.05) is 6.92 Å². The van der Waals surface area contributed by atoms with Gasteiger partial charge in [-0.25, -0.2) is 4.39 Å². The second-order valence-corrected chi connectivity index (χ2v) is 3.44. The Morgan fingerprint density at radius 3 is 2.85 bits per heavy atom. The molecule has 2 rings (SSSR count). The normalized spacial score (nSPS) is 16.8. The molecule has 1 aromatic rings. The van der Waals surface area contributed by atoms with E-state index in [0.717, 1.165) is 12.8 Å². The van der Waals surface area contributed by atoms with Crippen molar-refractivity contribution in [1.29, 1.82) is 0 Å². The minimum Gasteiger partial charge on any atom is -0.461 e. The SMILES string of the molecule is CC(F)Oc1ccc2c(c1)CCC2. The Kier molecular flexibility index (Phi) is 2.21. The molecule has 0 amide bonds. The molecule has 1 nitrogen and oxygen atoms in total. The summed E-state index contributed by atoms with van der Waals surface area (Å²) in [6.45, 7) is 1.40. The lowest BCUT2D eigenvalue weighted by Crippen LogP contribution is -2.03. The van der Waals surface area contributed by atoms with Crippen LogP contribution in [-0.2, 0) is 12.8 Å². The molecule has 0 aliphatic heterocycles. The van der Waals surface area contributed by atoms with Crippen molar-refractivity contribution in [3.05, 3.63) is 29.3 Å². The van der Waals surface area contributed by atoms with Crippen molar-refractivity contribution in [3.63, 3.8) is 0 Å². The first-order valence-electron chi connectivity index (χ1n) is 4.68. The lowest BCUT2D eigenvalue weighted by molar-refractivity contribution is 0.0860. The van der Waals surface area contributed by atoms with E-state index < -0.39 is 6.36 Å². The van der Waals surface area contributed by atoms with Crippen LogP contribution in [0.1, 0.15) is 24.5 Å². The van der Waals surface area contributed by atoms with E-state index in [1.165, 1.54) is 24.5 Å². The predicted molar refractivity (Wildman–Crippen MR) is 49.7 cm³/mol. The number of halogens is 1. The fourth-order valence-electron chi connectivity index (χ4n) is 1.81. The van der Waals surface area contributed by atoms with Gasteiger partial charge in [0.15, 0.2) is 0 Å². The smallest absolute Gasteiger partial charge is 0.235 e. The summed E-state index contributed by atoms with van der Waals surface area (Å²) in [5.74, 6) is 0.649. The monoisotopic (exact) mass is 180 g/mol. The zero-order chi connectivity index (χ0) is 9.26. The first kappa shape index (κ1) is 8.54. The highest BCUT2D eigenvalue weighted by Crippen LogP contribution is 2.26. The summed E-state index contributed by atoms with van der Waals surface area (Å²) >= 11 is 0. The standard InChI is InChI=1S/C11H13FO/c1-8(12)13-11-6-5-9-3-2-4-10(9)7-11/h5-8H,2-4H2,1H3. The van der Waals surface area contributed by atoms with Gasteiger partial charge in [0.2, 0.25) is 6.36 Å². The highest BCUT2D eigenvalue weighted by Gasteiger charge is 2.11. The van der Waals surface area contributed by atoms with Crippen LogP contribution < -0.4 is 4.74 Å². The minimum atomic E-state index is -1.22. The van der Waals surface area contributed by atoms with Crippen LogP contribution in [0.2, 0.25) is 0 Å². The molecule has 0 heterocycles. The molecule has 0 bridgehead atoms. The molecule has 1 atom stereocenters. The van der Waals surface area contributed by atoms with Gasteiger partial charge in [0.05, 0.1) is 0 Å². The molecule has 0 radical (unpaired) electrons. The summed E-state index contributed by atoms with van der Waals surface area (Å²) in [7, 11) is 0. The van der Waals surface area contributed by atoms with E-state index in [2.05, 4.69) is 0 Å². The van der Waals surface area contributed by atoms with Crippen molar-refractivity contribution in [3.8, 4) is 5.75 Å². The van der Waals surface area contributed by atoms with Crippen LogP contribution in [0.4, 0.5) is 4.39 Å². The van der Waals surface area contributed by atoms with Crippen LogP contribution in [-0.4, -0.2) is 6.36 Å². The number of hydrogen-bond donors (Lipinski definition) is 0. The fourth-order valence-corrected chi connectivity index (χ4v) is 1.81. The van der Waals surface area contributed by atoms with Crippen LogP contribution in [0, 0.1) is 0 Å². The van der Waals surface area contributed by atoms with Gasteiger partial charge in [-0.15, -0.1) is 0 Å². The minimum absolute atomic E-state index is 0.649. The van der Waals surface area contributed by atoms with E-state index in [1.54, 1.807) is 0 Å². The lowest BCUT2D eigenvalue weighted by Gasteiger charge is -2.08. The molecule has 0 spiro atoms. The molecular weight excluding hydrogens is 167 g/mol. The third-order valence-electron chi connectivity index (χ3n) is 2.37. The third-order valence-corrected chi connectivity index (χ3v) is 2.37. The predicted octanol–water partition coefficient (Wildman–Crippen LogP) is 2.87. The maximum absolute atomic E-state index is 12.5. The summed E-state index contributed by atoms with van der Waals surface area (Å²) in [4.78, 5) is 0. The van der Waals surface area contributed by atoms with Crippen molar-refractivity contribution >= 4 is 0 Å². The van der Waals surface area contributed by atoms with E-state index in [9.17, 15) is 4.39 Å². The van der Waals surface area contributed by atoms with Gasteiger partial charge in [-0.3, -0.25) is 0 Å². The number of hydrogen-bond acceptors (Lipinski definition) is 1. The van der Waals surface area contributed by atoms with E-state index in [4.69, 9.17) is 4.74 Å². The Labute approximate surface area is 77.5 Å². The van der Waals surface area contributed by atoms with E-state index in [1.807, 2.05) is 18.2 Å². The molecule has 2 heteroatoms. The molecule has 1 aliphatic rings. The fraction of sp³-hybridized carbons (Fsp3) is 0.455. The molecule has 0 saturated carbocycles. The molecule has 0 N–H and O–H groups in total. The van der Waals surface area contributed by atoms with E-state index in [-0.39, 0.29) is 0 Å². The first-order chi connectivity index (χ1) is 6.25. The van der Waals surface area contributed by atoms with Crippen LogP contribution >= 0.6 is 0 Å². The third kappa shape index (κ3) is 1.82. The number of benzene rings is 1. The Morgan fingerprint density at radius 2 is 2.08 bits per heavy atom. The summed E-state index contributed by atoms with van der Waals surface area (Å²) in [5.41, 5.74) is 2.71. The Balaban J connectivity index is 2.21. The summed E-state index contributed by atoms with van der Waals surface area (Å²) in [6.07, 6.45) is 2.25. The first-order valence-corrected chi connectivity index (χ1v) is 4.68. The van der Waals surface area contributed by atoms with Crippen molar-refractivity contribution < 1.29 is 9.13 Å². The van der Waals surface area contributed by atoms with Gasteiger partial charge in [-0.2, -0.15) is 0 Å². The van der Waals surface area contributed by atoms with Gasteiger partial charge in [0.1, 0.15) is 5.75 Å². The quantitative estimate of drug-likeness (QED) is 0.680. The van der Waals surface area contributed by atoms with Gasteiger partial charge < -0.3 is 4.74 Å². The Bertz CT molecular complexity index is 307. The van der Waals surface area contributed by atoms with Crippen LogP contribution in [0.5, 0.6) is 5.75 Å². The molecular formula is C11H13FO. The van der Waals surface area contributed by atoms with Gasteiger partial charge >= 0.3 is 0 Å². The second-order valence-electron chi connectivity index (χ2n) is 3.44. The number of fused-ring (bicyclic) bond motifs is 1. The van der Waals surface area contributed by atoms with Crippen molar-refractivity contribution in [1.82, 2.24) is 0 Å². The number of ether oxygens (including phenoxy) is 1. The molecule has 0 fully saturated rings. The molecule has 1 aromatic carbocycles. The maximum atomic E-state index is 12.5. The zero-order valence-electron chi connectivity index (χ0n) is 7.72. The van der Waals surface area contributed by atoms with E-state index >= 15 is 0 Å². The number of aryl methyl sites for hydroxylation is 2. The molecule has 13 heavy (non-hydrogen) atoms. The topological polar surface area (TPSA) is 9.23 Å². The van der Waals surface area contributed by atoms with Gasteiger partial charge in [-0.1, -0.05) is 6.07 Å². The molecule has 0 aromatic heterocycles.